The molecule has 26 heavy (non-hydrogen) atoms. The zero-order valence-electron chi connectivity index (χ0n) is 14.1. The number of rotatable bonds is 7. The lowest BCUT2D eigenvalue weighted by Crippen LogP contribution is -2.23. The van der Waals surface area contributed by atoms with Gasteiger partial charge in [-0.25, -0.2) is 4.79 Å². The van der Waals surface area contributed by atoms with Crippen LogP contribution >= 0.6 is 11.8 Å². The standard InChI is InChI=1S/C17H17N5O3S/c1-3-7-26-17-21-20-14(8-11-9-15(23)19-16(24)18-11)22(17)12-5-4-6-13(10-12)25-2/h3-6,9-10H,1,7-8H2,2H3,(H2,18,19,23,24). The number of methoxy groups -OCH3 is 1. The van der Waals surface area contributed by atoms with Gasteiger partial charge in [0.05, 0.1) is 12.8 Å². The van der Waals surface area contributed by atoms with E-state index in [4.69, 9.17) is 4.74 Å². The highest BCUT2D eigenvalue weighted by atomic mass is 32.2. The predicted octanol–water partition coefficient (Wildman–Crippen LogP) is 1.52. The number of thioether (sulfide) groups is 1. The van der Waals surface area contributed by atoms with Crippen LogP contribution in [0, 0.1) is 0 Å². The minimum atomic E-state index is -0.554. The normalized spacial score (nSPS) is 10.7. The number of aromatic amines is 2. The van der Waals surface area contributed by atoms with E-state index < -0.39 is 11.2 Å². The smallest absolute Gasteiger partial charge is 0.325 e. The Balaban J connectivity index is 2.07. The van der Waals surface area contributed by atoms with Crippen molar-refractivity contribution in [3.8, 4) is 11.4 Å². The van der Waals surface area contributed by atoms with Gasteiger partial charge in [0, 0.05) is 30.0 Å². The Hall–Kier alpha value is -3.07. The van der Waals surface area contributed by atoms with Gasteiger partial charge >= 0.3 is 5.69 Å². The molecule has 0 radical (unpaired) electrons. The second-order valence-corrected chi connectivity index (χ2v) is 6.31. The maximum Gasteiger partial charge on any atom is 0.325 e. The number of ether oxygens (including phenoxy) is 1. The molecule has 0 atom stereocenters. The van der Waals surface area contributed by atoms with Gasteiger partial charge in [-0.15, -0.1) is 16.8 Å². The summed E-state index contributed by atoms with van der Waals surface area (Å²) in [5.41, 5.74) is 0.261. The molecular formula is C17H17N5O3S. The van der Waals surface area contributed by atoms with Gasteiger partial charge in [-0.1, -0.05) is 23.9 Å². The summed E-state index contributed by atoms with van der Waals surface area (Å²) >= 11 is 1.48. The zero-order chi connectivity index (χ0) is 18.5. The molecule has 0 saturated heterocycles. The van der Waals surface area contributed by atoms with Gasteiger partial charge in [0.1, 0.15) is 11.6 Å². The Bertz CT molecular complexity index is 1010. The van der Waals surface area contributed by atoms with Crippen LogP contribution in [-0.2, 0) is 6.42 Å². The molecule has 3 aromatic rings. The highest BCUT2D eigenvalue weighted by Crippen LogP contribution is 2.25. The van der Waals surface area contributed by atoms with Crippen molar-refractivity contribution in [2.45, 2.75) is 11.6 Å². The molecule has 134 valence electrons. The molecule has 0 spiro atoms. The molecule has 1 aromatic carbocycles. The van der Waals surface area contributed by atoms with E-state index in [1.807, 2.05) is 28.8 Å². The fraction of sp³-hybridized carbons (Fsp3) is 0.176. The summed E-state index contributed by atoms with van der Waals surface area (Å²) in [6, 6.07) is 8.83. The first-order valence-electron chi connectivity index (χ1n) is 7.75. The minimum absolute atomic E-state index is 0.248. The van der Waals surface area contributed by atoms with Gasteiger partial charge < -0.3 is 9.72 Å². The van der Waals surface area contributed by atoms with Crippen LogP contribution in [0.25, 0.3) is 5.69 Å². The largest absolute Gasteiger partial charge is 0.497 e. The molecule has 0 bridgehead atoms. The van der Waals surface area contributed by atoms with Crippen molar-refractivity contribution in [3.05, 3.63) is 75.3 Å². The monoisotopic (exact) mass is 371 g/mol. The molecule has 2 aromatic heterocycles. The van der Waals surface area contributed by atoms with Crippen LogP contribution in [0.5, 0.6) is 5.75 Å². The topological polar surface area (TPSA) is 106 Å². The predicted molar refractivity (Wildman–Crippen MR) is 99.3 cm³/mol. The first kappa shape index (κ1) is 17.7. The van der Waals surface area contributed by atoms with Crippen molar-refractivity contribution in [2.24, 2.45) is 0 Å². The molecular weight excluding hydrogens is 354 g/mol. The second-order valence-electron chi connectivity index (χ2n) is 5.33. The first-order valence-corrected chi connectivity index (χ1v) is 8.74. The molecule has 2 heterocycles. The van der Waals surface area contributed by atoms with Crippen LogP contribution in [0.4, 0.5) is 0 Å². The number of nitrogens with one attached hydrogen (secondary N) is 2. The summed E-state index contributed by atoms with van der Waals surface area (Å²) in [4.78, 5) is 27.8. The van der Waals surface area contributed by atoms with Gasteiger partial charge in [0.25, 0.3) is 5.56 Å². The number of H-pyrrole nitrogens is 2. The third-order valence-electron chi connectivity index (χ3n) is 3.51. The fourth-order valence-corrected chi connectivity index (χ4v) is 3.14. The summed E-state index contributed by atoms with van der Waals surface area (Å²) < 4.78 is 7.16. The molecule has 9 heteroatoms. The maximum atomic E-state index is 11.5. The van der Waals surface area contributed by atoms with Crippen molar-refractivity contribution >= 4 is 11.8 Å². The molecule has 0 fully saturated rings. The van der Waals surface area contributed by atoms with Crippen molar-refractivity contribution < 1.29 is 4.74 Å². The maximum absolute atomic E-state index is 11.5. The van der Waals surface area contributed by atoms with Crippen LogP contribution in [0.15, 0.2) is 57.7 Å². The van der Waals surface area contributed by atoms with Crippen LogP contribution < -0.4 is 16.0 Å². The Morgan fingerprint density at radius 2 is 2.12 bits per heavy atom. The lowest BCUT2D eigenvalue weighted by atomic mass is 10.2. The van der Waals surface area contributed by atoms with E-state index in [-0.39, 0.29) is 6.42 Å². The van der Waals surface area contributed by atoms with E-state index >= 15 is 0 Å². The molecule has 0 aliphatic heterocycles. The van der Waals surface area contributed by atoms with Crippen LogP contribution in [-0.4, -0.2) is 37.6 Å². The average molecular weight is 371 g/mol. The summed E-state index contributed by atoms with van der Waals surface area (Å²) in [5.74, 6) is 1.96. The summed E-state index contributed by atoms with van der Waals surface area (Å²) in [6.45, 7) is 3.72. The van der Waals surface area contributed by atoms with Crippen LogP contribution in [0.2, 0.25) is 0 Å². The Kier molecular flexibility index (Phi) is 5.37. The van der Waals surface area contributed by atoms with Crippen molar-refractivity contribution in [1.29, 1.82) is 0 Å². The lowest BCUT2D eigenvalue weighted by Gasteiger charge is -2.11. The molecule has 3 rings (SSSR count). The fourth-order valence-electron chi connectivity index (χ4n) is 2.44. The quantitative estimate of drug-likeness (QED) is 0.482. The highest BCUT2D eigenvalue weighted by Gasteiger charge is 2.16. The molecule has 2 N–H and O–H groups in total. The zero-order valence-corrected chi connectivity index (χ0v) is 14.9. The SMILES string of the molecule is C=CCSc1nnc(Cc2cc(=O)[nH]c(=O)[nH]2)n1-c1cccc(OC)c1. The van der Waals surface area contributed by atoms with E-state index in [1.165, 1.54) is 17.8 Å². The molecule has 0 saturated carbocycles. The molecule has 0 unspecified atom stereocenters. The van der Waals surface area contributed by atoms with Crippen molar-refractivity contribution in [3.63, 3.8) is 0 Å². The van der Waals surface area contributed by atoms with Crippen molar-refractivity contribution in [2.75, 3.05) is 12.9 Å². The van der Waals surface area contributed by atoms with E-state index in [9.17, 15) is 9.59 Å². The molecule has 0 amide bonds. The number of benzene rings is 1. The van der Waals surface area contributed by atoms with Gasteiger partial charge in [-0.2, -0.15) is 0 Å². The number of nitrogens with zero attached hydrogens (tertiary/aromatic N) is 3. The van der Waals surface area contributed by atoms with E-state index in [2.05, 4.69) is 26.7 Å². The summed E-state index contributed by atoms with van der Waals surface area (Å²) in [5, 5.41) is 9.16. The molecule has 0 aliphatic rings. The van der Waals surface area contributed by atoms with E-state index in [0.717, 1.165) is 5.69 Å². The third-order valence-corrected chi connectivity index (χ3v) is 4.43. The highest BCUT2D eigenvalue weighted by molar-refractivity contribution is 7.99. The first-order chi connectivity index (χ1) is 12.6. The average Bonchev–Trinajstić information content (AvgIpc) is 3.01. The lowest BCUT2D eigenvalue weighted by molar-refractivity contribution is 0.414. The summed E-state index contributed by atoms with van der Waals surface area (Å²) in [6.07, 6.45) is 2.03. The van der Waals surface area contributed by atoms with Crippen LogP contribution in [0.1, 0.15) is 11.5 Å². The second kappa shape index (κ2) is 7.87. The Morgan fingerprint density at radius 1 is 1.27 bits per heavy atom. The number of hydrogen-bond acceptors (Lipinski definition) is 6. The molecule has 0 aliphatic carbocycles. The number of aromatic nitrogens is 5. The number of hydrogen-bond donors (Lipinski definition) is 2. The Morgan fingerprint density at radius 3 is 2.85 bits per heavy atom. The van der Waals surface area contributed by atoms with Crippen LogP contribution in [0.3, 0.4) is 0 Å². The third kappa shape index (κ3) is 3.94. The van der Waals surface area contributed by atoms with Gasteiger partial charge in [0.2, 0.25) is 0 Å². The van der Waals surface area contributed by atoms with E-state index in [1.54, 1.807) is 13.2 Å². The van der Waals surface area contributed by atoms with E-state index in [0.29, 0.717) is 28.2 Å². The summed E-state index contributed by atoms with van der Waals surface area (Å²) in [7, 11) is 1.60. The van der Waals surface area contributed by atoms with Gasteiger partial charge in [-0.05, 0) is 12.1 Å². The van der Waals surface area contributed by atoms with Gasteiger partial charge in [0.15, 0.2) is 5.16 Å². The van der Waals surface area contributed by atoms with Gasteiger partial charge in [-0.3, -0.25) is 14.3 Å². The minimum Gasteiger partial charge on any atom is -0.497 e. The molecule has 8 nitrogen and oxygen atoms in total. The van der Waals surface area contributed by atoms with Crippen molar-refractivity contribution in [1.82, 2.24) is 24.7 Å². The Labute approximate surface area is 153 Å².